The molecule has 2 N–H and O–H groups in total. The Kier molecular flexibility index (Phi) is 8.19. The van der Waals surface area contributed by atoms with Gasteiger partial charge in [-0.1, -0.05) is 19.9 Å². The topological polar surface area (TPSA) is 68.8 Å². The smallest absolute Gasteiger partial charge is 0.222 e. The summed E-state index contributed by atoms with van der Waals surface area (Å²) in [6.45, 7) is 11.3. The van der Waals surface area contributed by atoms with Crippen molar-refractivity contribution in [3.63, 3.8) is 0 Å². The molecular weight excluding hydrogens is 332 g/mol. The Morgan fingerprint density at radius 1 is 1.27 bits per heavy atom. The maximum atomic E-state index is 12.5. The van der Waals surface area contributed by atoms with Crippen LogP contribution < -0.4 is 20.1 Å². The first-order chi connectivity index (χ1) is 12.5. The third kappa shape index (κ3) is 5.88. The van der Waals surface area contributed by atoms with E-state index in [1.807, 2.05) is 32.0 Å². The van der Waals surface area contributed by atoms with E-state index in [1.165, 1.54) is 0 Å². The number of nitrogens with one attached hydrogen (secondary N) is 2. The number of morpholine rings is 1. The molecule has 1 amide bonds. The Labute approximate surface area is 156 Å². The van der Waals surface area contributed by atoms with Crippen LogP contribution in [0.15, 0.2) is 18.2 Å². The fourth-order valence-electron chi connectivity index (χ4n) is 3.10. The van der Waals surface area contributed by atoms with Gasteiger partial charge in [0.15, 0.2) is 11.5 Å². The molecule has 6 heteroatoms. The molecule has 1 aromatic carbocycles. The van der Waals surface area contributed by atoms with Crippen LogP contribution in [0.25, 0.3) is 0 Å². The molecule has 1 aliphatic rings. The molecule has 1 aliphatic heterocycles. The van der Waals surface area contributed by atoms with E-state index >= 15 is 0 Å². The second-order valence-corrected chi connectivity index (χ2v) is 6.79. The summed E-state index contributed by atoms with van der Waals surface area (Å²) < 4.78 is 16.8. The highest BCUT2D eigenvalue weighted by Crippen LogP contribution is 2.33. The molecule has 2 rings (SSSR count). The second kappa shape index (κ2) is 10.4. The lowest BCUT2D eigenvalue weighted by Crippen LogP contribution is -2.45. The minimum Gasteiger partial charge on any atom is -0.490 e. The minimum absolute atomic E-state index is 0.0264. The highest BCUT2D eigenvalue weighted by atomic mass is 16.5. The van der Waals surface area contributed by atoms with Gasteiger partial charge < -0.3 is 24.8 Å². The zero-order valence-corrected chi connectivity index (χ0v) is 16.3. The van der Waals surface area contributed by atoms with E-state index in [-0.39, 0.29) is 23.9 Å². The first-order valence-corrected chi connectivity index (χ1v) is 9.55. The Morgan fingerprint density at radius 3 is 2.62 bits per heavy atom. The number of carbonyl (C=O) groups excluding carboxylic acids is 1. The summed E-state index contributed by atoms with van der Waals surface area (Å²) in [5.74, 6) is 1.73. The maximum absolute atomic E-state index is 12.5. The van der Waals surface area contributed by atoms with Crippen molar-refractivity contribution in [1.82, 2.24) is 10.6 Å². The Balaban J connectivity index is 2.10. The van der Waals surface area contributed by atoms with E-state index in [0.29, 0.717) is 38.6 Å². The first-order valence-electron chi connectivity index (χ1n) is 9.55. The van der Waals surface area contributed by atoms with Gasteiger partial charge in [0.05, 0.1) is 32.5 Å². The van der Waals surface area contributed by atoms with Gasteiger partial charge in [0.25, 0.3) is 0 Å². The molecule has 0 bridgehead atoms. The van der Waals surface area contributed by atoms with Crippen molar-refractivity contribution in [3.8, 4) is 11.5 Å². The molecule has 2 atom stereocenters. The van der Waals surface area contributed by atoms with Gasteiger partial charge >= 0.3 is 0 Å². The Hall–Kier alpha value is -1.79. The van der Waals surface area contributed by atoms with Gasteiger partial charge in [0.1, 0.15) is 0 Å². The van der Waals surface area contributed by atoms with Crippen LogP contribution in [-0.2, 0) is 9.53 Å². The molecule has 0 radical (unpaired) electrons. The van der Waals surface area contributed by atoms with E-state index in [4.69, 9.17) is 14.2 Å². The fourth-order valence-corrected chi connectivity index (χ4v) is 3.10. The largest absolute Gasteiger partial charge is 0.490 e. The summed E-state index contributed by atoms with van der Waals surface area (Å²) in [5.41, 5.74) is 1.02. The molecule has 0 aliphatic carbocycles. The monoisotopic (exact) mass is 364 g/mol. The van der Waals surface area contributed by atoms with Crippen LogP contribution in [0.5, 0.6) is 11.5 Å². The third-order valence-corrected chi connectivity index (χ3v) is 4.34. The van der Waals surface area contributed by atoms with Crippen LogP contribution in [0.4, 0.5) is 0 Å². The van der Waals surface area contributed by atoms with Crippen molar-refractivity contribution in [2.45, 2.75) is 46.2 Å². The molecule has 6 nitrogen and oxygen atoms in total. The standard InChI is InChI=1S/C20H32N2O4/c1-5-25-17-8-7-15(11-18(17)26-6-2)20(14(3)4)22-19(23)12-16-13-24-10-9-21-16/h7-8,11,14,16,20-21H,5-6,9-10,12-13H2,1-4H3,(H,22,23). The van der Waals surface area contributed by atoms with Gasteiger partial charge in [-0.2, -0.15) is 0 Å². The van der Waals surface area contributed by atoms with Gasteiger partial charge in [-0.15, -0.1) is 0 Å². The molecule has 2 unspecified atom stereocenters. The Bertz CT molecular complexity index is 571. The number of hydrogen-bond donors (Lipinski definition) is 2. The predicted octanol–water partition coefficient (Wildman–Crippen LogP) is 2.68. The van der Waals surface area contributed by atoms with Crippen molar-refractivity contribution >= 4 is 5.91 Å². The van der Waals surface area contributed by atoms with Crippen LogP contribution >= 0.6 is 0 Å². The van der Waals surface area contributed by atoms with Crippen molar-refractivity contribution in [2.24, 2.45) is 5.92 Å². The summed E-state index contributed by atoms with van der Waals surface area (Å²) in [4.78, 5) is 12.5. The van der Waals surface area contributed by atoms with Crippen LogP contribution in [0, 0.1) is 5.92 Å². The molecule has 1 fully saturated rings. The first kappa shape index (κ1) is 20.5. The van der Waals surface area contributed by atoms with Crippen LogP contribution in [-0.4, -0.2) is 44.9 Å². The van der Waals surface area contributed by atoms with Crippen LogP contribution in [0.3, 0.4) is 0 Å². The number of carbonyl (C=O) groups is 1. The Morgan fingerprint density at radius 2 is 2.00 bits per heavy atom. The molecular formula is C20H32N2O4. The summed E-state index contributed by atoms with van der Waals surface area (Å²) in [5, 5.41) is 6.49. The van der Waals surface area contributed by atoms with E-state index in [0.717, 1.165) is 17.9 Å². The number of amides is 1. The molecule has 1 saturated heterocycles. The zero-order chi connectivity index (χ0) is 18.9. The van der Waals surface area contributed by atoms with Crippen molar-refractivity contribution < 1.29 is 19.0 Å². The van der Waals surface area contributed by atoms with E-state index in [9.17, 15) is 4.79 Å². The summed E-state index contributed by atoms with van der Waals surface area (Å²) >= 11 is 0. The molecule has 146 valence electrons. The van der Waals surface area contributed by atoms with Gasteiger partial charge in [-0.05, 0) is 37.5 Å². The van der Waals surface area contributed by atoms with Crippen LogP contribution in [0.2, 0.25) is 0 Å². The summed E-state index contributed by atoms with van der Waals surface area (Å²) in [7, 11) is 0. The maximum Gasteiger partial charge on any atom is 0.222 e. The second-order valence-electron chi connectivity index (χ2n) is 6.79. The highest BCUT2D eigenvalue weighted by Gasteiger charge is 2.23. The van der Waals surface area contributed by atoms with Gasteiger partial charge in [-0.25, -0.2) is 0 Å². The van der Waals surface area contributed by atoms with Crippen LogP contribution in [0.1, 0.15) is 45.7 Å². The van der Waals surface area contributed by atoms with E-state index in [1.54, 1.807) is 0 Å². The van der Waals surface area contributed by atoms with E-state index < -0.39 is 0 Å². The molecule has 0 saturated carbocycles. The third-order valence-electron chi connectivity index (χ3n) is 4.34. The minimum atomic E-state index is -0.0816. The number of hydrogen-bond acceptors (Lipinski definition) is 5. The lowest BCUT2D eigenvalue weighted by Gasteiger charge is -2.27. The molecule has 26 heavy (non-hydrogen) atoms. The normalized spacial score (nSPS) is 18.4. The number of ether oxygens (including phenoxy) is 3. The number of benzene rings is 1. The SMILES string of the molecule is CCOc1ccc(C(NC(=O)CC2COCCN2)C(C)C)cc1OCC. The van der Waals surface area contributed by atoms with Crippen molar-refractivity contribution in [2.75, 3.05) is 33.0 Å². The summed E-state index contributed by atoms with van der Waals surface area (Å²) in [6.07, 6.45) is 0.415. The van der Waals surface area contributed by atoms with Crippen molar-refractivity contribution in [1.29, 1.82) is 0 Å². The van der Waals surface area contributed by atoms with Gasteiger partial charge in [0, 0.05) is 19.0 Å². The zero-order valence-electron chi connectivity index (χ0n) is 16.3. The fraction of sp³-hybridized carbons (Fsp3) is 0.650. The van der Waals surface area contributed by atoms with Gasteiger partial charge in [-0.3, -0.25) is 4.79 Å². The summed E-state index contributed by atoms with van der Waals surface area (Å²) in [6, 6.07) is 5.89. The van der Waals surface area contributed by atoms with E-state index in [2.05, 4.69) is 24.5 Å². The molecule has 1 aromatic rings. The molecule has 0 spiro atoms. The quantitative estimate of drug-likeness (QED) is 0.705. The molecule has 0 aromatic heterocycles. The molecule has 1 heterocycles. The number of rotatable bonds is 9. The average Bonchev–Trinajstić information content (AvgIpc) is 2.62. The predicted molar refractivity (Wildman–Crippen MR) is 102 cm³/mol. The average molecular weight is 364 g/mol. The lowest BCUT2D eigenvalue weighted by molar-refractivity contribution is -0.123. The lowest BCUT2D eigenvalue weighted by atomic mass is 9.95. The highest BCUT2D eigenvalue weighted by molar-refractivity contribution is 5.77. The van der Waals surface area contributed by atoms with Crippen molar-refractivity contribution in [3.05, 3.63) is 23.8 Å². The van der Waals surface area contributed by atoms with Gasteiger partial charge in [0.2, 0.25) is 5.91 Å².